The van der Waals surface area contributed by atoms with E-state index in [0.29, 0.717) is 25.9 Å². The van der Waals surface area contributed by atoms with Crippen LogP contribution in [0.2, 0.25) is 0 Å². The van der Waals surface area contributed by atoms with Crippen molar-refractivity contribution in [1.29, 1.82) is 0 Å². The molecule has 4 heterocycles. The van der Waals surface area contributed by atoms with Crippen LogP contribution in [0.3, 0.4) is 0 Å². The van der Waals surface area contributed by atoms with Gasteiger partial charge in [-0.15, -0.1) is 0 Å². The van der Waals surface area contributed by atoms with Gasteiger partial charge in [-0.1, -0.05) is 23.5 Å². The third-order valence-corrected chi connectivity index (χ3v) is 6.64. The Labute approximate surface area is 128 Å². The lowest BCUT2D eigenvalue weighted by atomic mass is 10.2. The van der Waals surface area contributed by atoms with Crippen LogP contribution in [0, 0.1) is 0 Å². The molecule has 4 atom stereocenters. The molecule has 0 radical (unpaired) electrons. The molecule has 4 unspecified atom stereocenters. The average molecular weight is 328 g/mol. The lowest BCUT2D eigenvalue weighted by molar-refractivity contribution is -0.114. The Kier molecular flexibility index (Phi) is 2.97. The molecule has 0 saturated carbocycles. The van der Waals surface area contributed by atoms with Crippen molar-refractivity contribution in [2.75, 3.05) is 13.1 Å². The van der Waals surface area contributed by atoms with Crippen LogP contribution in [0.5, 0.6) is 0 Å². The first-order valence-electron chi connectivity index (χ1n) is 6.73. The predicted octanol–water partition coefficient (Wildman–Crippen LogP) is 0.676. The van der Waals surface area contributed by atoms with Gasteiger partial charge in [0, 0.05) is 23.6 Å². The fourth-order valence-corrected chi connectivity index (χ4v) is 5.74. The number of carbonyl (C=O) groups is 4. The highest BCUT2D eigenvalue weighted by Gasteiger charge is 2.51. The molecule has 4 bridgehead atoms. The van der Waals surface area contributed by atoms with Crippen LogP contribution < -0.4 is 0 Å². The molecule has 0 aromatic carbocycles. The summed E-state index contributed by atoms with van der Waals surface area (Å²) in [5.41, 5.74) is 0. The van der Waals surface area contributed by atoms with Crippen LogP contribution in [0.4, 0.5) is 9.59 Å². The number of rotatable bonds is 0. The predicted molar refractivity (Wildman–Crippen MR) is 74.9 cm³/mol. The number of fused-ring (bicyclic) bond motifs is 4. The van der Waals surface area contributed by atoms with Crippen molar-refractivity contribution in [3.05, 3.63) is 0 Å². The summed E-state index contributed by atoms with van der Waals surface area (Å²) in [5, 5.41) is 0.154. The summed E-state index contributed by atoms with van der Waals surface area (Å²) in [6, 6.07) is -0.931. The van der Waals surface area contributed by atoms with E-state index >= 15 is 0 Å². The van der Waals surface area contributed by atoms with Gasteiger partial charge in [0.05, 0.1) is 0 Å². The van der Waals surface area contributed by atoms with E-state index in [2.05, 4.69) is 0 Å². The maximum Gasteiger partial charge on any atom is 0.419 e. The largest absolute Gasteiger partial charge is 0.419 e. The number of hydrogen-bond donors (Lipinski definition) is 0. The van der Waals surface area contributed by atoms with Crippen LogP contribution in [-0.2, 0) is 14.3 Å². The zero-order valence-corrected chi connectivity index (χ0v) is 12.5. The van der Waals surface area contributed by atoms with Crippen molar-refractivity contribution in [2.24, 2.45) is 0 Å². The van der Waals surface area contributed by atoms with Crippen LogP contribution >= 0.6 is 23.5 Å². The fraction of sp³-hybridized carbons (Fsp3) is 0.667. The second kappa shape index (κ2) is 4.64. The van der Waals surface area contributed by atoms with Gasteiger partial charge in [-0.25, -0.2) is 9.59 Å². The number of ether oxygens (including phenoxy) is 1. The first-order chi connectivity index (χ1) is 10.0. The Bertz CT molecular complexity index is 520. The quantitative estimate of drug-likeness (QED) is 0.604. The van der Waals surface area contributed by atoms with Crippen LogP contribution in [-0.4, -0.2) is 67.9 Å². The monoisotopic (exact) mass is 328 g/mol. The summed E-state index contributed by atoms with van der Waals surface area (Å²) in [7, 11) is 0. The van der Waals surface area contributed by atoms with Gasteiger partial charge in [-0.3, -0.25) is 19.4 Å². The van der Waals surface area contributed by atoms with Crippen molar-refractivity contribution in [1.82, 2.24) is 9.80 Å². The van der Waals surface area contributed by atoms with Crippen LogP contribution in [0.1, 0.15) is 12.8 Å². The van der Waals surface area contributed by atoms with E-state index < -0.39 is 24.3 Å². The minimum atomic E-state index is -0.774. The van der Waals surface area contributed by atoms with Crippen LogP contribution in [0.25, 0.3) is 0 Å². The molecule has 4 aliphatic heterocycles. The topological polar surface area (TPSA) is 84.0 Å². The number of nitrogens with zero attached hydrogens (tertiary/aromatic N) is 2. The molecule has 4 fully saturated rings. The molecule has 7 nitrogen and oxygen atoms in total. The van der Waals surface area contributed by atoms with Gasteiger partial charge in [0.15, 0.2) is 0 Å². The second-order valence-electron chi connectivity index (χ2n) is 5.56. The smallest absolute Gasteiger partial charge is 0.359 e. The highest BCUT2D eigenvalue weighted by molar-refractivity contribution is 8.15. The second-order valence-corrected chi connectivity index (χ2v) is 8.17. The minimum absolute atomic E-state index is 0.0394. The zero-order valence-electron chi connectivity index (χ0n) is 10.9. The molecular weight excluding hydrogens is 316 g/mol. The standard InChI is InChI=1S/C12H12N2O5S2/c15-9-7-1-5(20-9)3-13(7)11(17)19-12(18)14-4-6-2-8(14)10(16)21-6/h5-8H,1-4H2. The Morgan fingerprint density at radius 3 is 1.67 bits per heavy atom. The van der Waals surface area contributed by atoms with Crippen molar-refractivity contribution in [3.63, 3.8) is 0 Å². The number of carbonyl (C=O) groups excluding carboxylic acids is 4. The first-order valence-corrected chi connectivity index (χ1v) is 8.49. The van der Waals surface area contributed by atoms with E-state index in [1.807, 2.05) is 0 Å². The maximum absolute atomic E-state index is 12.0. The molecule has 0 spiro atoms. The van der Waals surface area contributed by atoms with Crippen LogP contribution in [0.15, 0.2) is 0 Å². The van der Waals surface area contributed by atoms with E-state index in [4.69, 9.17) is 4.74 Å². The normalized spacial score (nSPS) is 36.8. The highest BCUT2D eigenvalue weighted by atomic mass is 32.2. The van der Waals surface area contributed by atoms with Gasteiger partial charge in [-0.2, -0.15) is 0 Å². The number of likely N-dealkylation sites (tertiary alicyclic amines) is 2. The van der Waals surface area contributed by atoms with Gasteiger partial charge in [-0.05, 0) is 12.8 Å². The molecule has 9 heteroatoms. The molecule has 2 amide bonds. The number of amides is 2. The fourth-order valence-electron chi connectivity index (χ4n) is 3.29. The molecule has 0 aromatic heterocycles. The molecule has 4 rings (SSSR count). The summed E-state index contributed by atoms with van der Waals surface area (Å²) in [6.45, 7) is 0.877. The Balaban J connectivity index is 1.40. The number of hydrogen-bond acceptors (Lipinski definition) is 7. The Morgan fingerprint density at radius 1 is 0.905 bits per heavy atom. The zero-order chi connectivity index (χ0) is 14.7. The SMILES string of the molecule is O=C1SC2CC1N(C(=O)OC(=O)N1CC3CC1C(=O)S3)C2. The number of thioether (sulfide) groups is 2. The third kappa shape index (κ3) is 2.05. The van der Waals surface area contributed by atoms with Gasteiger partial charge in [0.1, 0.15) is 12.1 Å². The van der Waals surface area contributed by atoms with Crippen molar-refractivity contribution in [2.45, 2.75) is 35.4 Å². The highest BCUT2D eigenvalue weighted by Crippen LogP contribution is 2.40. The Hall–Kier alpha value is -1.22. The first kappa shape index (κ1) is 13.4. The molecule has 0 N–H and O–H groups in total. The summed E-state index contributed by atoms with van der Waals surface area (Å²) in [6.07, 6.45) is -0.278. The van der Waals surface area contributed by atoms with Gasteiger partial charge >= 0.3 is 12.2 Å². The van der Waals surface area contributed by atoms with Gasteiger partial charge in [0.25, 0.3) is 0 Å². The molecule has 21 heavy (non-hydrogen) atoms. The van der Waals surface area contributed by atoms with E-state index in [1.54, 1.807) is 0 Å². The minimum Gasteiger partial charge on any atom is -0.359 e. The lowest BCUT2D eigenvalue weighted by Gasteiger charge is -2.27. The van der Waals surface area contributed by atoms with E-state index in [-0.39, 0.29) is 20.7 Å². The van der Waals surface area contributed by atoms with E-state index in [0.717, 1.165) is 0 Å². The molecular formula is C12H12N2O5S2. The summed E-state index contributed by atoms with van der Waals surface area (Å²) in [5.74, 6) is 0. The summed E-state index contributed by atoms with van der Waals surface area (Å²) >= 11 is 2.52. The van der Waals surface area contributed by atoms with Crippen molar-refractivity contribution < 1.29 is 23.9 Å². The van der Waals surface area contributed by atoms with E-state index in [9.17, 15) is 19.2 Å². The van der Waals surface area contributed by atoms with E-state index in [1.165, 1.54) is 33.3 Å². The van der Waals surface area contributed by atoms with Gasteiger partial charge in [0.2, 0.25) is 10.2 Å². The molecule has 0 aromatic rings. The molecule has 112 valence electrons. The molecule has 4 saturated heterocycles. The van der Waals surface area contributed by atoms with Crippen molar-refractivity contribution >= 4 is 45.9 Å². The third-order valence-electron chi connectivity index (χ3n) is 4.28. The van der Waals surface area contributed by atoms with Crippen molar-refractivity contribution in [3.8, 4) is 0 Å². The molecule has 4 aliphatic rings. The molecule has 0 aliphatic carbocycles. The Morgan fingerprint density at radius 2 is 1.33 bits per heavy atom. The maximum atomic E-state index is 12.0. The average Bonchev–Trinajstić information content (AvgIpc) is 3.15. The van der Waals surface area contributed by atoms with Gasteiger partial charge < -0.3 is 4.74 Å². The summed E-state index contributed by atoms with van der Waals surface area (Å²) < 4.78 is 4.87. The summed E-state index contributed by atoms with van der Waals surface area (Å²) in [4.78, 5) is 50.0. The lowest BCUT2D eigenvalue weighted by Crippen LogP contribution is -2.47.